The van der Waals surface area contributed by atoms with Gasteiger partial charge in [0.25, 0.3) is 0 Å². The van der Waals surface area contributed by atoms with Crippen molar-refractivity contribution in [1.29, 1.82) is 0 Å². The maximum absolute atomic E-state index is 11.6. The molecule has 6 nitrogen and oxygen atoms in total. The molecule has 0 unspecified atom stereocenters. The molecule has 1 aliphatic rings. The highest BCUT2D eigenvalue weighted by molar-refractivity contribution is 9.10. The van der Waals surface area contributed by atoms with Crippen molar-refractivity contribution in [3.8, 4) is 0 Å². The van der Waals surface area contributed by atoms with E-state index in [1.54, 1.807) is 37.4 Å². The van der Waals surface area contributed by atoms with Crippen molar-refractivity contribution in [3.05, 3.63) is 46.1 Å². The number of morpholine rings is 1. The van der Waals surface area contributed by atoms with Gasteiger partial charge in [-0.15, -0.1) is 0 Å². The highest BCUT2D eigenvalue weighted by Crippen LogP contribution is 2.30. The molecule has 0 saturated carbocycles. The second-order valence-corrected chi connectivity index (χ2v) is 6.28. The van der Waals surface area contributed by atoms with E-state index in [1.165, 1.54) is 0 Å². The van der Waals surface area contributed by atoms with Crippen molar-refractivity contribution in [2.75, 3.05) is 37.8 Å². The van der Waals surface area contributed by atoms with Gasteiger partial charge in [-0.05, 0) is 47.1 Å². The summed E-state index contributed by atoms with van der Waals surface area (Å²) in [5.41, 5.74) is 1.24. The first-order valence-electron chi connectivity index (χ1n) is 8.10. The van der Waals surface area contributed by atoms with E-state index in [-0.39, 0.29) is 5.97 Å². The Morgan fingerprint density at radius 1 is 1.32 bits per heavy atom. The van der Waals surface area contributed by atoms with E-state index < -0.39 is 0 Å². The third-order valence-electron chi connectivity index (χ3n) is 3.71. The lowest BCUT2D eigenvalue weighted by atomic mass is 10.2. The van der Waals surface area contributed by atoms with Gasteiger partial charge in [0.05, 0.1) is 41.8 Å². The SMILES string of the molecule is CCOC(=O)c1ccc(N=Cc2cc(Br)c(N3CCOCC3)o2)cc1. The van der Waals surface area contributed by atoms with Gasteiger partial charge in [0.15, 0.2) is 0 Å². The van der Waals surface area contributed by atoms with Gasteiger partial charge in [-0.3, -0.25) is 4.99 Å². The van der Waals surface area contributed by atoms with Crippen molar-refractivity contribution in [1.82, 2.24) is 0 Å². The number of hydrogen-bond acceptors (Lipinski definition) is 6. The van der Waals surface area contributed by atoms with Crippen molar-refractivity contribution in [3.63, 3.8) is 0 Å². The van der Waals surface area contributed by atoms with Crippen LogP contribution in [-0.4, -0.2) is 45.1 Å². The van der Waals surface area contributed by atoms with Crippen LogP contribution in [0, 0.1) is 0 Å². The summed E-state index contributed by atoms with van der Waals surface area (Å²) in [6, 6.07) is 8.82. The molecule has 2 aromatic rings. The number of nitrogens with zero attached hydrogens (tertiary/aromatic N) is 2. The number of carbonyl (C=O) groups excluding carboxylic acids is 1. The zero-order valence-corrected chi connectivity index (χ0v) is 15.5. The number of rotatable bonds is 5. The maximum Gasteiger partial charge on any atom is 0.338 e. The molecule has 25 heavy (non-hydrogen) atoms. The Morgan fingerprint density at radius 2 is 2.04 bits per heavy atom. The van der Waals surface area contributed by atoms with Gasteiger partial charge >= 0.3 is 5.97 Å². The minimum Gasteiger partial charge on any atom is -0.462 e. The molecule has 1 aliphatic heterocycles. The quantitative estimate of drug-likeness (QED) is 0.557. The molecule has 0 aliphatic carbocycles. The van der Waals surface area contributed by atoms with E-state index in [9.17, 15) is 4.79 Å². The lowest BCUT2D eigenvalue weighted by Crippen LogP contribution is -2.36. The van der Waals surface area contributed by atoms with Gasteiger partial charge in [0, 0.05) is 19.2 Å². The predicted octanol–water partition coefficient (Wildman–Crippen LogP) is 3.81. The number of halogens is 1. The smallest absolute Gasteiger partial charge is 0.338 e. The average Bonchev–Trinajstić information content (AvgIpc) is 3.02. The summed E-state index contributed by atoms with van der Waals surface area (Å²) in [5.74, 6) is 1.12. The molecule has 0 radical (unpaired) electrons. The molecule has 0 bridgehead atoms. The highest BCUT2D eigenvalue weighted by Gasteiger charge is 2.18. The summed E-state index contributed by atoms with van der Waals surface area (Å²) in [7, 11) is 0. The zero-order valence-electron chi connectivity index (χ0n) is 13.9. The molecule has 7 heteroatoms. The van der Waals surface area contributed by atoms with Gasteiger partial charge in [-0.25, -0.2) is 4.79 Å². The Bertz CT molecular complexity index is 749. The molecule has 0 atom stereocenters. The van der Waals surface area contributed by atoms with Crippen molar-refractivity contribution < 1.29 is 18.7 Å². The first-order chi connectivity index (χ1) is 12.2. The molecular formula is C18H19BrN2O4. The number of carbonyl (C=O) groups is 1. The first-order valence-corrected chi connectivity index (χ1v) is 8.90. The van der Waals surface area contributed by atoms with Gasteiger partial charge in [0.2, 0.25) is 5.88 Å². The van der Waals surface area contributed by atoms with Crippen LogP contribution in [0.3, 0.4) is 0 Å². The number of aliphatic imine (C=N–C) groups is 1. The fraction of sp³-hybridized carbons (Fsp3) is 0.333. The van der Waals surface area contributed by atoms with Crippen LogP contribution >= 0.6 is 15.9 Å². The molecular weight excluding hydrogens is 388 g/mol. The minimum atomic E-state index is -0.330. The van der Waals surface area contributed by atoms with Crippen LogP contribution in [0.4, 0.5) is 11.6 Å². The van der Waals surface area contributed by atoms with Gasteiger partial charge in [-0.1, -0.05) is 0 Å². The Morgan fingerprint density at radius 3 is 2.72 bits per heavy atom. The molecule has 1 aromatic carbocycles. The third-order valence-corrected chi connectivity index (χ3v) is 4.27. The van der Waals surface area contributed by atoms with Crippen LogP contribution in [0.15, 0.2) is 44.2 Å². The number of benzene rings is 1. The molecule has 1 aromatic heterocycles. The molecule has 2 heterocycles. The van der Waals surface area contributed by atoms with E-state index in [0.29, 0.717) is 31.1 Å². The molecule has 0 amide bonds. The van der Waals surface area contributed by atoms with E-state index in [0.717, 1.165) is 29.1 Å². The standard InChI is InChI=1S/C18H19BrN2O4/c1-2-24-18(22)13-3-5-14(6-4-13)20-12-15-11-16(19)17(25-15)21-7-9-23-10-8-21/h3-6,11-12H,2,7-10H2,1H3. The summed E-state index contributed by atoms with van der Waals surface area (Å²) >= 11 is 3.53. The van der Waals surface area contributed by atoms with Crippen LogP contribution in [0.25, 0.3) is 0 Å². The molecule has 1 saturated heterocycles. The Balaban J connectivity index is 1.68. The second-order valence-electron chi connectivity index (χ2n) is 5.43. The fourth-order valence-electron chi connectivity index (χ4n) is 2.46. The number of ether oxygens (including phenoxy) is 2. The summed E-state index contributed by atoms with van der Waals surface area (Å²) in [6.45, 7) is 5.14. The molecule has 3 rings (SSSR count). The average molecular weight is 407 g/mol. The maximum atomic E-state index is 11.6. The lowest BCUT2D eigenvalue weighted by Gasteiger charge is -2.26. The number of anilines is 1. The van der Waals surface area contributed by atoms with Crippen LogP contribution in [-0.2, 0) is 9.47 Å². The van der Waals surface area contributed by atoms with Gasteiger partial charge in [0.1, 0.15) is 5.76 Å². The van der Waals surface area contributed by atoms with E-state index >= 15 is 0 Å². The number of furan rings is 1. The molecule has 0 N–H and O–H groups in total. The van der Waals surface area contributed by atoms with Crippen molar-refractivity contribution >= 4 is 39.7 Å². The molecule has 0 spiro atoms. The van der Waals surface area contributed by atoms with Crippen molar-refractivity contribution in [2.45, 2.75) is 6.92 Å². The summed E-state index contributed by atoms with van der Waals surface area (Å²) in [5, 5.41) is 0. The minimum absolute atomic E-state index is 0.330. The van der Waals surface area contributed by atoms with Crippen LogP contribution in [0.1, 0.15) is 23.0 Å². The molecule has 132 valence electrons. The third kappa shape index (κ3) is 4.49. The van der Waals surface area contributed by atoms with Crippen LogP contribution in [0.5, 0.6) is 0 Å². The highest BCUT2D eigenvalue weighted by atomic mass is 79.9. The van der Waals surface area contributed by atoms with Crippen molar-refractivity contribution in [2.24, 2.45) is 4.99 Å². The number of esters is 1. The second kappa shape index (κ2) is 8.31. The number of hydrogen-bond donors (Lipinski definition) is 0. The normalized spacial score (nSPS) is 14.9. The molecule has 1 fully saturated rings. The summed E-state index contributed by atoms with van der Waals surface area (Å²) in [4.78, 5) is 18.2. The Hall–Kier alpha value is -2.12. The Kier molecular flexibility index (Phi) is 5.88. The topological polar surface area (TPSA) is 64.3 Å². The van der Waals surface area contributed by atoms with Gasteiger partial charge < -0.3 is 18.8 Å². The zero-order chi connectivity index (χ0) is 17.6. The van der Waals surface area contributed by atoms with Crippen LogP contribution < -0.4 is 4.90 Å². The van der Waals surface area contributed by atoms with E-state index in [2.05, 4.69) is 25.8 Å². The first kappa shape index (κ1) is 17.7. The van der Waals surface area contributed by atoms with E-state index in [1.807, 2.05) is 6.07 Å². The monoisotopic (exact) mass is 406 g/mol. The fourth-order valence-corrected chi connectivity index (χ4v) is 3.02. The predicted molar refractivity (Wildman–Crippen MR) is 99.1 cm³/mol. The van der Waals surface area contributed by atoms with E-state index in [4.69, 9.17) is 13.9 Å². The van der Waals surface area contributed by atoms with Gasteiger partial charge in [-0.2, -0.15) is 0 Å². The summed E-state index contributed by atoms with van der Waals surface area (Å²) in [6.07, 6.45) is 1.66. The lowest BCUT2D eigenvalue weighted by molar-refractivity contribution is 0.0526. The largest absolute Gasteiger partial charge is 0.462 e. The Labute approximate surface area is 154 Å². The summed E-state index contributed by atoms with van der Waals surface area (Å²) < 4.78 is 17.1. The van der Waals surface area contributed by atoms with Crippen LogP contribution in [0.2, 0.25) is 0 Å².